The average molecular weight is 236 g/mol. The molecule has 0 aromatic heterocycles. The minimum atomic E-state index is 1.20. The summed E-state index contributed by atoms with van der Waals surface area (Å²) in [6, 6.07) is 0. The summed E-state index contributed by atoms with van der Waals surface area (Å²) in [4.78, 5) is 0. The molecule has 0 unspecified atom stereocenters. The first-order valence-corrected chi connectivity index (χ1v) is 7.68. The molecule has 0 bridgehead atoms. The van der Waals surface area contributed by atoms with Crippen molar-refractivity contribution in [2.24, 2.45) is 0 Å². The highest BCUT2D eigenvalue weighted by molar-refractivity contribution is 4.86. The van der Waals surface area contributed by atoms with Crippen LogP contribution in [-0.2, 0) is 0 Å². The molecule has 0 rings (SSSR count). The molecule has 0 saturated heterocycles. The highest BCUT2D eigenvalue weighted by atomic mass is 14.0. The van der Waals surface area contributed by atoms with E-state index >= 15 is 0 Å². The van der Waals surface area contributed by atoms with E-state index < -0.39 is 0 Å². The standard InChI is InChI=1S/C17H32/c1-3-5-7-9-11-13-15-17-16-14-12-10-8-6-4-2/h3,5,11,13H,4,6-10,12,14-17H2,1-2H3. The predicted molar refractivity (Wildman–Crippen MR) is 80.4 cm³/mol. The molecule has 0 heterocycles. The molecule has 0 heteroatoms. The Morgan fingerprint density at radius 2 is 1.12 bits per heavy atom. The molecule has 0 saturated carbocycles. The highest BCUT2D eigenvalue weighted by Gasteiger charge is 1.90. The Balaban J connectivity index is 3.02. The van der Waals surface area contributed by atoms with Gasteiger partial charge in [-0.25, -0.2) is 0 Å². The van der Waals surface area contributed by atoms with Crippen LogP contribution in [0.5, 0.6) is 0 Å². The van der Waals surface area contributed by atoms with Gasteiger partial charge in [-0.15, -0.1) is 0 Å². The van der Waals surface area contributed by atoms with Crippen LogP contribution in [0.3, 0.4) is 0 Å². The summed E-state index contributed by atoms with van der Waals surface area (Å²) in [6.07, 6.45) is 24.1. The lowest BCUT2D eigenvalue weighted by molar-refractivity contribution is 0.577. The lowest BCUT2D eigenvalue weighted by Crippen LogP contribution is -1.79. The molecule has 0 aromatic rings. The molecule has 0 atom stereocenters. The van der Waals surface area contributed by atoms with Crippen molar-refractivity contribution < 1.29 is 0 Å². The second-order valence-electron chi connectivity index (χ2n) is 4.88. The van der Waals surface area contributed by atoms with Gasteiger partial charge in [0.25, 0.3) is 0 Å². The maximum atomic E-state index is 2.36. The van der Waals surface area contributed by atoms with E-state index in [1.54, 1.807) is 0 Å². The Bertz CT molecular complexity index is 176. The second kappa shape index (κ2) is 15.5. The van der Waals surface area contributed by atoms with E-state index in [4.69, 9.17) is 0 Å². The van der Waals surface area contributed by atoms with Crippen molar-refractivity contribution in [1.29, 1.82) is 0 Å². The third-order valence-corrected chi connectivity index (χ3v) is 3.13. The maximum absolute atomic E-state index is 2.36. The van der Waals surface area contributed by atoms with Crippen molar-refractivity contribution in [3.63, 3.8) is 0 Å². The Morgan fingerprint density at radius 3 is 1.76 bits per heavy atom. The van der Waals surface area contributed by atoms with E-state index in [0.717, 1.165) is 0 Å². The van der Waals surface area contributed by atoms with Gasteiger partial charge in [0.15, 0.2) is 0 Å². The van der Waals surface area contributed by atoms with E-state index in [1.807, 2.05) is 0 Å². The quantitative estimate of drug-likeness (QED) is 0.270. The van der Waals surface area contributed by atoms with Gasteiger partial charge in [-0.1, -0.05) is 76.2 Å². The predicted octanol–water partition coefficient (Wildman–Crippen LogP) is 6.43. The van der Waals surface area contributed by atoms with Crippen LogP contribution in [0.2, 0.25) is 0 Å². The van der Waals surface area contributed by atoms with E-state index in [-0.39, 0.29) is 0 Å². The van der Waals surface area contributed by atoms with Gasteiger partial charge < -0.3 is 0 Å². The van der Waals surface area contributed by atoms with E-state index in [2.05, 4.69) is 38.2 Å². The summed E-state index contributed by atoms with van der Waals surface area (Å²) in [5.74, 6) is 0. The lowest BCUT2D eigenvalue weighted by atomic mass is 10.1. The third kappa shape index (κ3) is 15.5. The fourth-order valence-corrected chi connectivity index (χ4v) is 1.99. The molecular formula is C17H32. The topological polar surface area (TPSA) is 0 Å². The molecule has 0 aromatic carbocycles. The smallest absolute Gasteiger partial charge is 0.0316 e. The van der Waals surface area contributed by atoms with Crippen molar-refractivity contribution in [3.05, 3.63) is 24.3 Å². The molecular weight excluding hydrogens is 204 g/mol. The van der Waals surface area contributed by atoms with Gasteiger partial charge in [0.1, 0.15) is 0 Å². The zero-order chi connectivity index (χ0) is 12.6. The summed E-state index contributed by atoms with van der Waals surface area (Å²) in [6.45, 7) is 4.37. The number of hydrogen-bond donors (Lipinski definition) is 0. The van der Waals surface area contributed by atoms with E-state index in [1.165, 1.54) is 70.6 Å². The Morgan fingerprint density at radius 1 is 0.588 bits per heavy atom. The second-order valence-corrected chi connectivity index (χ2v) is 4.88. The first-order valence-electron chi connectivity index (χ1n) is 7.68. The van der Waals surface area contributed by atoms with Crippen LogP contribution in [0, 0.1) is 0 Å². The van der Waals surface area contributed by atoms with Crippen molar-refractivity contribution in [3.8, 4) is 0 Å². The molecule has 0 aliphatic rings. The van der Waals surface area contributed by atoms with Crippen molar-refractivity contribution in [2.75, 3.05) is 0 Å². The van der Waals surface area contributed by atoms with Crippen LogP contribution in [0.15, 0.2) is 24.3 Å². The fraction of sp³-hybridized carbons (Fsp3) is 0.765. The molecule has 0 aliphatic heterocycles. The van der Waals surface area contributed by atoms with Gasteiger partial charge >= 0.3 is 0 Å². The zero-order valence-corrected chi connectivity index (χ0v) is 12.1. The van der Waals surface area contributed by atoms with Crippen molar-refractivity contribution >= 4 is 0 Å². The number of allylic oxidation sites excluding steroid dienone is 4. The van der Waals surface area contributed by atoms with Crippen LogP contribution in [-0.4, -0.2) is 0 Å². The summed E-state index contributed by atoms with van der Waals surface area (Å²) in [5, 5.41) is 0. The monoisotopic (exact) mass is 236 g/mol. The van der Waals surface area contributed by atoms with Crippen LogP contribution in [0.1, 0.15) is 84.5 Å². The molecule has 0 amide bonds. The number of unbranched alkanes of at least 4 members (excludes halogenated alkanes) is 9. The highest BCUT2D eigenvalue weighted by Crippen LogP contribution is 2.09. The molecule has 100 valence electrons. The van der Waals surface area contributed by atoms with Gasteiger partial charge in [-0.2, -0.15) is 0 Å². The first-order chi connectivity index (χ1) is 8.41. The fourth-order valence-electron chi connectivity index (χ4n) is 1.99. The van der Waals surface area contributed by atoms with Gasteiger partial charge in [0.2, 0.25) is 0 Å². The van der Waals surface area contributed by atoms with Crippen LogP contribution >= 0.6 is 0 Å². The Labute approximate surface area is 109 Å². The number of rotatable bonds is 12. The van der Waals surface area contributed by atoms with Gasteiger partial charge in [-0.05, 0) is 32.6 Å². The van der Waals surface area contributed by atoms with Gasteiger partial charge in [-0.3, -0.25) is 0 Å². The molecule has 17 heavy (non-hydrogen) atoms. The van der Waals surface area contributed by atoms with Crippen molar-refractivity contribution in [2.45, 2.75) is 84.5 Å². The van der Waals surface area contributed by atoms with Gasteiger partial charge in [0.05, 0.1) is 0 Å². The molecule has 0 aliphatic carbocycles. The van der Waals surface area contributed by atoms with Crippen molar-refractivity contribution in [1.82, 2.24) is 0 Å². The lowest BCUT2D eigenvalue weighted by Gasteiger charge is -1.99. The first kappa shape index (κ1) is 16.5. The van der Waals surface area contributed by atoms with Crippen LogP contribution in [0.25, 0.3) is 0 Å². The zero-order valence-electron chi connectivity index (χ0n) is 12.1. The molecule has 0 N–H and O–H groups in total. The Hall–Kier alpha value is -0.520. The average Bonchev–Trinajstić information content (AvgIpc) is 2.35. The molecule has 0 nitrogen and oxygen atoms in total. The minimum absolute atomic E-state index is 1.20. The molecule has 0 spiro atoms. The van der Waals surface area contributed by atoms with Crippen LogP contribution in [0.4, 0.5) is 0 Å². The summed E-state index contributed by atoms with van der Waals surface area (Å²) in [5.41, 5.74) is 0. The molecule has 0 radical (unpaired) electrons. The third-order valence-electron chi connectivity index (χ3n) is 3.13. The summed E-state index contributed by atoms with van der Waals surface area (Å²) >= 11 is 0. The minimum Gasteiger partial charge on any atom is -0.0917 e. The summed E-state index contributed by atoms with van der Waals surface area (Å²) in [7, 11) is 0. The van der Waals surface area contributed by atoms with Crippen LogP contribution < -0.4 is 0 Å². The Kier molecular flexibility index (Phi) is 15.0. The normalized spacial score (nSPS) is 11.9. The summed E-state index contributed by atoms with van der Waals surface area (Å²) < 4.78 is 0. The SMILES string of the molecule is CC=CCCC=CCCCCCCCCCC. The van der Waals surface area contributed by atoms with E-state index in [0.29, 0.717) is 0 Å². The largest absolute Gasteiger partial charge is 0.0917 e. The number of hydrogen-bond acceptors (Lipinski definition) is 0. The molecule has 0 fully saturated rings. The van der Waals surface area contributed by atoms with Gasteiger partial charge in [0, 0.05) is 0 Å². The maximum Gasteiger partial charge on any atom is -0.0316 e. The van der Waals surface area contributed by atoms with E-state index in [9.17, 15) is 0 Å².